The van der Waals surface area contributed by atoms with Crippen LogP contribution in [0.5, 0.6) is 0 Å². The SMILES string of the molecule is CCc1ccc(-c2c(C(F)(F)F)nn(-c3ccccc3)c2-c2ccc(S(N)(=O)=O)cc2)cc1. The number of primary sulfonamides is 1. The van der Waals surface area contributed by atoms with Gasteiger partial charge >= 0.3 is 6.18 Å². The number of nitrogens with zero attached hydrogens (tertiary/aromatic N) is 2. The first-order valence-corrected chi connectivity index (χ1v) is 11.6. The highest BCUT2D eigenvalue weighted by Gasteiger charge is 2.40. The van der Waals surface area contributed by atoms with Gasteiger partial charge in [-0.25, -0.2) is 18.2 Å². The van der Waals surface area contributed by atoms with Crippen LogP contribution in [0.2, 0.25) is 0 Å². The summed E-state index contributed by atoms with van der Waals surface area (Å²) in [6.07, 6.45) is -3.97. The van der Waals surface area contributed by atoms with E-state index in [-0.39, 0.29) is 16.2 Å². The highest BCUT2D eigenvalue weighted by Crippen LogP contribution is 2.43. The van der Waals surface area contributed by atoms with Crippen LogP contribution in [0, 0.1) is 0 Å². The van der Waals surface area contributed by atoms with Crippen LogP contribution in [0.15, 0.2) is 83.8 Å². The molecule has 4 rings (SSSR count). The number of aromatic nitrogens is 2. The number of hydrogen-bond donors (Lipinski definition) is 1. The third-order valence-corrected chi connectivity index (χ3v) is 6.19. The Morgan fingerprint density at radius 2 is 1.45 bits per heavy atom. The number of para-hydroxylation sites is 1. The van der Waals surface area contributed by atoms with Gasteiger partial charge in [0.25, 0.3) is 0 Å². The number of halogens is 3. The molecule has 0 aliphatic rings. The van der Waals surface area contributed by atoms with Crippen molar-refractivity contribution < 1.29 is 21.6 Å². The maximum atomic E-state index is 14.2. The molecule has 3 aromatic carbocycles. The molecule has 9 heteroatoms. The van der Waals surface area contributed by atoms with Crippen molar-refractivity contribution in [3.8, 4) is 28.1 Å². The first-order chi connectivity index (χ1) is 15.6. The van der Waals surface area contributed by atoms with E-state index >= 15 is 0 Å². The summed E-state index contributed by atoms with van der Waals surface area (Å²) in [5, 5.41) is 9.15. The van der Waals surface area contributed by atoms with Gasteiger partial charge in [0.2, 0.25) is 10.0 Å². The van der Waals surface area contributed by atoms with Crippen LogP contribution in [-0.4, -0.2) is 18.2 Å². The molecule has 33 heavy (non-hydrogen) atoms. The van der Waals surface area contributed by atoms with E-state index in [1.807, 2.05) is 6.92 Å². The third-order valence-electron chi connectivity index (χ3n) is 5.26. The lowest BCUT2D eigenvalue weighted by molar-refractivity contribution is -0.140. The minimum Gasteiger partial charge on any atom is -0.232 e. The molecule has 4 aromatic rings. The minimum atomic E-state index is -4.71. The van der Waals surface area contributed by atoms with Crippen molar-refractivity contribution in [2.24, 2.45) is 5.14 Å². The number of alkyl halides is 3. The molecule has 0 unspecified atom stereocenters. The minimum absolute atomic E-state index is 0.0858. The second-order valence-corrected chi connectivity index (χ2v) is 9.00. The molecule has 170 valence electrons. The summed E-state index contributed by atoms with van der Waals surface area (Å²) in [5.74, 6) is 0. The number of rotatable bonds is 5. The predicted octanol–water partition coefficient (Wildman–Crippen LogP) is 5.43. The molecule has 0 radical (unpaired) electrons. The van der Waals surface area contributed by atoms with Crippen molar-refractivity contribution in [2.75, 3.05) is 0 Å². The zero-order valence-electron chi connectivity index (χ0n) is 17.5. The van der Waals surface area contributed by atoms with E-state index in [2.05, 4.69) is 5.10 Å². The highest BCUT2D eigenvalue weighted by molar-refractivity contribution is 7.89. The Kier molecular flexibility index (Phi) is 5.85. The van der Waals surface area contributed by atoms with Gasteiger partial charge in [0.1, 0.15) is 0 Å². The van der Waals surface area contributed by atoms with Gasteiger partial charge in [-0.05, 0) is 41.8 Å². The summed E-state index contributed by atoms with van der Waals surface area (Å²) in [6, 6.07) is 20.7. The molecular weight excluding hydrogens is 451 g/mol. The molecule has 0 saturated carbocycles. The fourth-order valence-electron chi connectivity index (χ4n) is 3.62. The average molecular weight is 472 g/mol. The molecule has 0 fully saturated rings. The zero-order chi connectivity index (χ0) is 23.8. The average Bonchev–Trinajstić information content (AvgIpc) is 3.20. The first kappa shape index (κ1) is 22.8. The van der Waals surface area contributed by atoms with Gasteiger partial charge in [0.15, 0.2) is 5.69 Å². The topological polar surface area (TPSA) is 78.0 Å². The molecule has 0 aliphatic heterocycles. The van der Waals surface area contributed by atoms with Crippen LogP contribution in [0.3, 0.4) is 0 Å². The van der Waals surface area contributed by atoms with E-state index < -0.39 is 21.9 Å². The van der Waals surface area contributed by atoms with E-state index in [0.29, 0.717) is 16.8 Å². The third kappa shape index (κ3) is 4.55. The van der Waals surface area contributed by atoms with Crippen molar-refractivity contribution in [3.63, 3.8) is 0 Å². The van der Waals surface area contributed by atoms with E-state index in [1.165, 1.54) is 28.9 Å². The lowest BCUT2D eigenvalue weighted by Gasteiger charge is -2.12. The Labute approximate surface area is 189 Å². The predicted molar refractivity (Wildman–Crippen MR) is 120 cm³/mol. The molecule has 0 aliphatic carbocycles. The summed E-state index contributed by atoms with van der Waals surface area (Å²) in [6.45, 7) is 1.96. The Bertz CT molecular complexity index is 1380. The van der Waals surface area contributed by atoms with Gasteiger partial charge in [0.05, 0.1) is 16.3 Å². The Morgan fingerprint density at radius 3 is 1.97 bits per heavy atom. The van der Waals surface area contributed by atoms with Gasteiger partial charge < -0.3 is 0 Å². The number of hydrogen-bond acceptors (Lipinski definition) is 3. The van der Waals surface area contributed by atoms with Gasteiger partial charge in [-0.3, -0.25) is 0 Å². The van der Waals surface area contributed by atoms with E-state index in [9.17, 15) is 21.6 Å². The quantitative estimate of drug-likeness (QED) is 0.421. The smallest absolute Gasteiger partial charge is 0.232 e. The Hall–Kier alpha value is -3.43. The number of sulfonamides is 1. The molecule has 0 bridgehead atoms. The molecule has 1 heterocycles. The molecule has 2 N–H and O–H groups in total. The van der Waals surface area contributed by atoms with Crippen molar-refractivity contribution in [1.29, 1.82) is 0 Å². The Morgan fingerprint density at radius 1 is 0.879 bits per heavy atom. The van der Waals surface area contributed by atoms with Gasteiger partial charge in [0, 0.05) is 11.1 Å². The van der Waals surface area contributed by atoms with Crippen LogP contribution in [0.4, 0.5) is 13.2 Å². The van der Waals surface area contributed by atoms with Crippen LogP contribution < -0.4 is 5.14 Å². The molecule has 5 nitrogen and oxygen atoms in total. The Balaban J connectivity index is 2.05. The van der Waals surface area contributed by atoms with Gasteiger partial charge in [-0.1, -0.05) is 61.5 Å². The lowest BCUT2D eigenvalue weighted by Crippen LogP contribution is -2.11. The van der Waals surface area contributed by atoms with E-state index in [4.69, 9.17) is 5.14 Å². The molecular formula is C24H20F3N3O2S. The standard InChI is InChI=1S/C24H20F3N3O2S/c1-2-16-8-10-17(11-9-16)21-22(18-12-14-20(15-13-18)33(28,31)32)30(19-6-4-3-5-7-19)29-23(21)24(25,26)27/h3-15H,2H2,1H3,(H2,28,31,32). The van der Waals surface area contributed by atoms with Gasteiger partial charge in [-0.2, -0.15) is 18.3 Å². The first-order valence-electron chi connectivity index (χ1n) is 10.1. The monoisotopic (exact) mass is 471 g/mol. The van der Waals surface area contributed by atoms with Crippen LogP contribution in [0.25, 0.3) is 28.1 Å². The lowest BCUT2D eigenvalue weighted by atomic mass is 9.97. The van der Waals surface area contributed by atoms with E-state index in [1.54, 1.807) is 54.6 Å². The van der Waals surface area contributed by atoms with Crippen molar-refractivity contribution >= 4 is 10.0 Å². The fourth-order valence-corrected chi connectivity index (χ4v) is 4.14. The highest BCUT2D eigenvalue weighted by atomic mass is 32.2. The van der Waals surface area contributed by atoms with E-state index in [0.717, 1.165) is 12.0 Å². The van der Waals surface area contributed by atoms with Crippen molar-refractivity contribution in [1.82, 2.24) is 9.78 Å². The molecule has 1 aromatic heterocycles. The molecule has 0 atom stereocenters. The van der Waals surface area contributed by atoms with Gasteiger partial charge in [-0.15, -0.1) is 0 Å². The maximum absolute atomic E-state index is 14.2. The number of nitrogens with two attached hydrogens (primary N) is 1. The molecule has 0 saturated heterocycles. The summed E-state index contributed by atoms with van der Waals surface area (Å²) >= 11 is 0. The summed E-state index contributed by atoms with van der Waals surface area (Å²) in [7, 11) is -3.95. The maximum Gasteiger partial charge on any atom is 0.435 e. The molecule has 0 amide bonds. The van der Waals surface area contributed by atoms with Crippen LogP contribution in [0.1, 0.15) is 18.2 Å². The number of benzene rings is 3. The fraction of sp³-hybridized carbons (Fsp3) is 0.125. The normalized spacial score (nSPS) is 12.2. The second kappa shape index (κ2) is 8.49. The number of aryl methyl sites for hydroxylation is 1. The summed E-state index contributed by atoms with van der Waals surface area (Å²) < 4.78 is 67.0. The van der Waals surface area contributed by atoms with Crippen LogP contribution >= 0.6 is 0 Å². The summed E-state index contributed by atoms with van der Waals surface area (Å²) in [4.78, 5) is -0.137. The molecule has 0 spiro atoms. The summed E-state index contributed by atoms with van der Waals surface area (Å²) in [5.41, 5.74) is 1.22. The zero-order valence-corrected chi connectivity index (χ0v) is 18.4. The van der Waals surface area contributed by atoms with Crippen LogP contribution in [-0.2, 0) is 22.6 Å². The van der Waals surface area contributed by atoms with Crippen molar-refractivity contribution in [2.45, 2.75) is 24.4 Å². The van der Waals surface area contributed by atoms with Crippen molar-refractivity contribution in [3.05, 3.63) is 90.1 Å². The second-order valence-electron chi connectivity index (χ2n) is 7.44. The largest absolute Gasteiger partial charge is 0.435 e.